The molecular formula is C32H28Au2F12N4O4P2. The molecule has 4 aromatic rings. The van der Waals surface area contributed by atoms with Crippen molar-refractivity contribution in [3.63, 3.8) is 0 Å². The third kappa shape index (κ3) is 35.9. The van der Waals surface area contributed by atoms with Crippen molar-refractivity contribution in [1.29, 1.82) is 0 Å². The predicted octanol–water partition coefficient (Wildman–Crippen LogP) is 9.50. The summed E-state index contributed by atoms with van der Waals surface area (Å²) < 4.78 is 118. The first-order chi connectivity index (χ1) is 24.4. The average Bonchev–Trinajstić information content (AvgIpc) is 3.01. The Bertz CT molecular complexity index is 1670. The second-order valence-corrected chi connectivity index (χ2v) is 14.0. The maximum Gasteiger partial charge on any atom is 3.00 e. The minimum Gasteiger partial charge on any atom is -0.872 e. The van der Waals surface area contributed by atoms with Crippen molar-refractivity contribution < 1.29 is 116 Å². The average molecular weight is 1220 g/mol. The topological polar surface area (TPSA) is 142 Å². The molecular weight excluding hydrogens is 1190 g/mol. The standard InChI is InChI=1S/2C16H16N2O2.2Au.2F6P/c2*19-15-7-3-1-5-13(15)11-17-9-10-18-12-14-6-2-4-8-16(14)20;;;2*1-7(2,3,4,5)6/h2*1-8,11-12,19-20H,9-10H2;;;;/q;;2*+3;2*-1/p-4. The summed E-state index contributed by atoms with van der Waals surface area (Å²) in [4.78, 5) is 16.6. The minimum atomic E-state index is -10.7. The molecule has 24 heteroatoms. The van der Waals surface area contributed by atoms with E-state index >= 15 is 0 Å². The van der Waals surface area contributed by atoms with Gasteiger partial charge in [0.2, 0.25) is 0 Å². The van der Waals surface area contributed by atoms with E-state index in [0.29, 0.717) is 48.4 Å². The van der Waals surface area contributed by atoms with Crippen LogP contribution >= 0.6 is 15.6 Å². The number of para-hydroxylation sites is 4. The van der Waals surface area contributed by atoms with Crippen LogP contribution in [-0.4, -0.2) is 51.0 Å². The Labute approximate surface area is 343 Å². The largest absolute Gasteiger partial charge is 3.00 e. The fourth-order valence-electron chi connectivity index (χ4n) is 3.23. The SMILES string of the molecule is F[P-](F)(F)(F)(F)F.F[P-](F)(F)(F)(F)F.[Au+3].[Au+3].[O-]c1ccccc1C=NCCN=Cc1ccccc1[O-].[O-]c1ccccc1C=NCCN=Cc1ccccc1[O-]. The molecule has 0 unspecified atom stereocenters. The maximum absolute atomic E-state index is 11.4. The van der Waals surface area contributed by atoms with Crippen LogP contribution in [0.5, 0.6) is 23.0 Å². The number of aliphatic imine (C=N–C) groups is 4. The maximum atomic E-state index is 11.4. The summed E-state index contributed by atoms with van der Waals surface area (Å²) >= 11 is 0. The van der Waals surface area contributed by atoms with E-state index in [1.165, 1.54) is 24.3 Å². The van der Waals surface area contributed by atoms with Gasteiger partial charge in [0.1, 0.15) is 0 Å². The summed E-state index contributed by atoms with van der Waals surface area (Å²) in [7, 11) is -21.3. The van der Waals surface area contributed by atoms with Gasteiger partial charge >= 0.3 is 111 Å². The molecule has 0 heterocycles. The molecule has 0 aromatic heterocycles. The molecule has 4 rings (SSSR count). The van der Waals surface area contributed by atoms with E-state index < -0.39 is 15.6 Å². The van der Waals surface area contributed by atoms with Crippen molar-refractivity contribution in [2.24, 2.45) is 20.0 Å². The third-order valence-electron chi connectivity index (χ3n) is 5.31. The van der Waals surface area contributed by atoms with E-state index in [0.717, 1.165) is 0 Å². The van der Waals surface area contributed by atoms with Gasteiger partial charge in [-0.05, 0) is 22.3 Å². The second kappa shape index (κ2) is 21.1. The number of hydrogen-bond acceptors (Lipinski definition) is 8. The van der Waals surface area contributed by atoms with Crippen LogP contribution in [0.25, 0.3) is 0 Å². The zero-order valence-corrected chi connectivity index (χ0v) is 34.0. The van der Waals surface area contributed by atoms with Crippen LogP contribution in [0.4, 0.5) is 50.4 Å². The van der Waals surface area contributed by atoms with Gasteiger partial charge in [-0.15, -0.1) is 23.0 Å². The van der Waals surface area contributed by atoms with Crippen LogP contribution in [0.1, 0.15) is 22.3 Å². The van der Waals surface area contributed by atoms with Crippen molar-refractivity contribution in [2.75, 3.05) is 26.2 Å². The molecule has 0 radical (unpaired) electrons. The van der Waals surface area contributed by atoms with Crippen LogP contribution in [-0.2, 0) is 44.8 Å². The normalized spacial score (nSPS) is 13.9. The van der Waals surface area contributed by atoms with E-state index in [2.05, 4.69) is 20.0 Å². The van der Waals surface area contributed by atoms with Gasteiger partial charge in [0.05, 0.1) is 26.2 Å². The van der Waals surface area contributed by atoms with Gasteiger partial charge in [0.25, 0.3) is 0 Å². The van der Waals surface area contributed by atoms with Gasteiger partial charge in [0.15, 0.2) is 0 Å². The molecule has 8 nitrogen and oxygen atoms in total. The van der Waals surface area contributed by atoms with E-state index in [1.54, 1.807) is 97.7 Å². The zero-order valence-electron chi connectivity index (χ0n) is 27.8. The molecule has 0 aliphatic rings. The van der Waals surface area contributed by atoms with Crippen LogP contribution in [0.15, 0.2) is 117 Å². The summed E-state index contributed by atoms with van der Waals surface area (Å²) in [5.41, 5.74) is 2.28. The summed E-state index contributed by atoms with van der Waals surface area (Å²) in [5, 5.41) is 45.6. The number of hydrogen-bond donors (Lipinski definition) is 0. The van der Waals surface area contributed by atoms with Crippen molar-refractivity contribution in [2.45, 2.75) is 0 Å². The number of benzene rings is 4. The molecule has 0 N–H and O–H groups in total. The van der Waals surface area contributed by atoms with Crippen molar-refractivity contribution in [3.05, 3.63) is 119 Å². The molecule has 0 saturated heterocycles. The van der Waals surface area contributed by atoms with E-state index in [-0.39, 0.29) is 67.8 Å². The summed E-state index contributed by atoms with van der Waals surface area (Å²) in [6.07, 6.45) is 6.22. The first kappa shape index (κ1) is 54.4. The molecule has 0 atom stereocenters. The van der Waals surface area contributed by atoms with E-state index in [9.17, 15) is 70.8 Å². The number of halogens is 12. The molecule has 0 aliphatic carbocycles. The van der Waals surface area contributed by atoms with Crippen molar-refractivity contribution in [3.8, 4) is 23.0 Å². The van der Waals surface area contributed by atoms with Gasteiger partial charge in [0, 0.05) is 24.9 Å². The fraction of sp³-hybridized carbons (Fsp3) is 0.125. The van der Waals surface area contributed by atoms with Crippen LogP contribution in [0.3, 0.4) is 0 Å². The fourth-order valence-corrected chi connectivity index (χ4v) is 3.23. The molecule has 0 aliphatic heterocycles. The van der Waals surface area contributed by atoms with Gasteiger partial charge in [-0.25, -0.2) is 0 Å². The molecule has 4 aromatic carbocycles. The molecule has 0 fully saturated rings. The Morgan fingerprint density at radius 2 is 0.482 bits per heavy atom. The van der Waals surface area contributed by atoms with Gasteiger partial charge in [-0.1, -0.05) is 97.1 Å². The summed E-state index contributed by atoms with van der Waals surface area (Å²) in [6.45, 7) is 1.91. The Morgan fingerprint density at radius 3 is 0.625 bits per heavy atom. The smallest absolute Gasteiger partial charge is 0.872 e. The monoisotopic (exact) mass is 1220 g/mol. The Hall–Kier alpha value is -3.74. The second-order valence-electron chi connectivity index (χ2n) is 10.2. The van der Waals surface area contributed by atoms with Crippen LogP contribution < -0.4 is 20.4 Å². The third-order valence-corrected chi connectivity index (χ3v) is 5.31. The van der Waals surface area contributed by atoms with Gasteiger partial charge in [-0.3, -0.25) is 20.0 Å². The molecule has 0 bridgehead atoms. The Kier molecular flexibility index (Phi) is 20.5. The van der Waals surface area contributed by atoms with Gasteiger partial charge < -0.3 is 20.4 Å². The first-order valence-electron chi connectivity index (χ1n) is 14.6. The first-order valence-corrected chi connectivity index (χ1v) is 18.7. The number of rotatable bonds is 10. The molecule has 316 valence electrons. The minimum absolute atomic E-state index is 0. The van der Waals surface area contributed by atoms with Crippen LogP contribution in [0.2, 0.25) is 0 Å². The predicted molar refractivity (Wildman–Crippen MR) is 181 cm³/mol. The van der Waals surface area contributed by atoms with E-state index in [1.807, 2.05) is 0 Å². The van der Waals surface area contributed by atoms with E-state index in [4.69, 9.17) is 0 Å². The van der Waals surface area contributed by atoms with Crippen LogP contribution in [0, 0.1) is 0 Å². The quantitative estimate of drug-likeness (QED) is 0.0513. The zero-order chi connectivity index (χ0) is 41.2. The van der Waals surface area contributed by atoms with Crippen molar-refractivity contribution in [1.82, 2.24) is 0 Å². The Morgan fingerprint density at radius 1 is 0.339 bits per heavy atom. The molecule has 0 amide bonds. The van der Waals surface area contributed by atoms with Gasteiger partial charge in [-0.2, -0.15) is 0 Å². The summed E-state index contributed by atoms with van der Waals surface area (Å²) in [6, 6.07) is 26.9. The molecule has 56 heavy (non-hydrogen) atoms. The molecule has 0 saturated carbocycles. The summed E-state index contributed by atoms with van der Waals surface area (Å²) in [5.74, 6) is -0.167. The number of nitrogens with zero attached hydrogens (tertiary/aromatic N) is 4. The molecule has 0 spiro atoms. The Balaban J connectivity index is 0. The van der Waals surface area contributed by atoms with Crippen molar-refractivity contribution >= 4 is 40.5 Å².